The lowest BCUT2D eigenvalue weighted by Gasteiger charge is -2.26. The number of aryl methyl sites for hydroxylation is 2. The first-order valence-electron chi connectivity index (χ1n) is 7.83. The molecule has 1 atom stereocenters. The van der Waals surface area contributed by atoms with Gasteiger partial charge in [-0.3, -0.25) is 9.59 Å². The molecule has 3 heterocycles. The normalized spacial score (nSPS) is 20.4. The fourth-order valence-corrected chi connectivity index (χ4v) is 3.13. The average Bonchev–Trinajstić information content (AvgIpc) is 3.20. The van der Waals surface area contributed by atoms with Crippen LogP contribution < -0.4 is 5.32 Å². The van der Waals surface area contributed by atoms with Crippen LogP contribution in [0.5, 0.6) is 0 Å². The number of likely N-dealkylation sites (tertiary alicyclic amines) is 1. The number of carbonyl (C=O) groups excluding carboxylic acids is 2. The minimum atomic E-state index is -0.830. The molecule has 2 amide bonds. The van der Waals surface area contributed by atoms with Gasteiger partial charge in [0.05, 0.1) is 6.54 Å². The highest BCUT2D eigenvalue weighted by Gasteiger charge is 2.46. The van der Waals surface area contributed by atoms with Gasteiger partial charge in [0.1, 0.15) is 11.2 Å². The van der Waals surface area contributed by atoms with Gasteiger partial charge < -0.3 is 19.3 Å². The van der Waals surface area contributed by atoms with Gasteiger partial charge in [-0.15, -0.1) is 0 Å². The van der Waals surface area contributed by atoms with E-state index in [2.05, 4.69) is 15.5 Å². The van der Waals surface area contributed by atoms with Crippen LogP contribution in [0.25, 0.3) is 0 Å². The van der Waals surface area contributed by atoms with Crippen molar-refractivity contribution in [1.82, 2.24) is 24.9 Å². The van der Waals surface area contributed by atoms with Gasteiger partial charge in [-0.1, -0.05) is 5.16 Å². The van der Waals surface area contributed by atoms with Crippen molar-refractivity contribution in [2.45, 2.75) is 32.7 Å². The third-order valence-corrected chi connectivity index (χ3v) is 4.50. The Bertz CT molecular complexity index is 793. The fraction of sp³-hybridized carbons (Fsp3) is 0.500. The summed E-state index contributed by atoms with van der Waals surface area (Å²) in [7, 11) is 1.86. The summed E-state index contributed by atoms with van der Waals surface area (Å²) in [5, 5.41) is 6.72. The summed E-state index contributed by atoms with van der Waals surface area (Å²) in [6.07, 6.45) is 0.531. The third-order valence-electron chi connectivity index (χ3n) is 4.50. The molecule has 3 rings (SSSR count). The first-order chi connectivity index (χ1) is 11.3. The number of amides is 2. The molecular weight excluding hydrogens is 310 g/mol. The number of aromatic nitrogens is 3. The molecule has 8 heteroatoms. The zero-order valence-corrected chi connectivity index (χ0v) is 14.3. The molecule has 1 fully saturated rings. The van der Waals surface area contributed by atoms with Crippen molar-refractivity contribution >= 4 is 11.8 Å². The zero-order chi connectivity index (χ0) is 17.5. The van der Waals surface area contributed by atoms with Gasteiger partial charge in [-0.05, 0) is 32.4 Å². The Morgan fingerprint density at radius 1 is 1.33 bits per heavy atom. The van der Waals surface area contributed by atoms with Crippen molar-refractivity contribution < 1.29 is 14.1 Å². The van der Waals surface area contributed by atoms with Crippen molar-refractivity contribution in [2.75, 3.05) is 13.1 Å². The number of rotatable bonds is 3. The minimum absolute atomic E-state index is 0.0749. The molecule has 0 aliphatic carbocycles. The van der Waals surface area contributed by atoms with E-state index in [1.54, 1.807) is 11.8 Å². The summed E-state index contributed by atoms with van der Waals surface area (Å²) in [6.45, 7) is 5.92. The van der Waals surface area contributed by atoms with E-state index in [-0.39, 0.29) is 11.8 Å². The number of nitrogens with one attached hydrogen (secondary N) is 1. The van der Waals surface area contributed by atoms with Crippen LogP contribution in [0.4, 0.5) is 0 Å². The van der Waals surface area contributed by atoms with Gasteiger partial charge in [0.15, 0.2) is 5.82 Å². The first-order valence-corrected chi connectivity index (χ1v) is 7.83. The molecule has 0 spiro atoms. The monoisotopic (exact) mass is 331 g/mol. The Morgan fingerprint density at radius 2 is 2.08 bits per heavy atom. The third kappa shape index (κ3) is 2.68. The van der Waals surface area contributed by atoms with Crippen molar-refractivity contribution in [2.24, 2.45) is 7.05 Å². The molecule has 0 radical (unpaired) electrons. The Hall–Kier alpha value is -2.64. The summed E-state index contributed by atoms with van der Waals surface area (Å²) >= 11 is 0. The fourth-order valence-electron chi connectivity index (χ4n) is 3.13. The van der Waals surface area contributed by atoms with Crippen LogP contribution >= 0.6 is 0 Å². The highest BCUT2D eigenvalue weighted by Crippen LogP contribution is 2.32. The maximum Gasteiger partial charge on any atom is 0.270 e. The second-order valence-corrected chi connectivity index (χ2v) is 6.31. The molecule has 128 valence electrons. The van der Waals surface area contributed by atoms with Crippen molar-refractivity contribution in [3.8, 4) is 0 Å². The number of hydrogen-bond acceptors (Lipinski definition) is 5. The van der Waals surface area contributed by atoms with Gasteiger partial charge in [-0.25, -0.2) is 0 Å². The first kappa shape index (κ1) is 16.2. The van der Waals surface area contributed by atoms with E-state index >= 15 is 0 Å². The molecule has 2 aromatic rings. The lowest BCUT2D eigenvalue weighted by atomic mass is 9.98. The number of nitrogens with zero attached hydrogens (tertiary/aromatic N) is 4. The van der Waals surface area contributed by atoms with Crippen molar-refractivity contribution in [1.29, 1.82) is 0 Å². The van der Waals surface area contributed by atoms with E-state index < -0.39 is 5.54 Å². The quantitative estimate of drug-likeness (QED) is 0.902. The van der Waals surface area contributed by atoms with Crippen molar-refractivity contribution in [3.63, 3.8) is 0 Å². The molecule has 1 N–H and O–H groups in total. The molecule has 1 saturated heterocycles. The van der Waals surface area contributed by atoms with Crippen LogP contribution in [-0.4, -0.2) is 44.5 Å². The maximum absolute atomic E-state index is 12.8. The zero-order valence-electron chi connectivity index (χ0n) is 14.3. The lowest BCUT2D eigenvalue weighted by molar-refractivity contribution is -0.121. The van der Waals surface area contributed by atoms with Crippen LogP contribution in [0.2, 0.25) is 0 Å². The van der Waals surface area contributed by atoms with Crippen LogP contribution in [0.1, 0.15) is 41.2 Å². The summed E-state index contributed by atoms with van der Waals surface area (Å²) in [4.78, 5) is 30.5. The molecular formula is C16H21N5O3. The van der Waals surface area contributed by atoms with Crippen LogP contribution in [-0.2, 0) is 17.4 Å². The molecule has 24 heavy (non-hydrogen) atoms. The van der Waals surface area contributed by atoms with Gasteiger partial charge in [0, 0.05) is 26.2 Å². The molecule has 0 aromatic carbocycles. The minimum Gasteiger partial charge on any atom is -0.344 e. The van der Waals surface area contributed by atoms with E-state index in [1.807, 2.05) is 30.7 Å². The highest BCUT2D eigenvalue weighted by molar-refractivity contribution is 5.93. The van der Waals surface area contributed by atoms with Gasteiger partial charge in [0.25, 0.3) is 11.8 Å². The molecule has 1 aliphatic heterocycles. The van der Waals surface area contributed by atoms with E-state index in [0.29, 0.717) is 36.9 Å². The van der Waals surface area contributed by atoms with Crippen molar-refractivity contribution in [3.05, 3.63) is 35.2 Å². The van der Waals surface area contributed by atoms with E-state index in [9.17, 15) is 9.59 Å². The number of carbonyl (C=O) groups is 2. The molecule has 1 aliphatic rings. The van der Waals surface area contributed by atoms with E-state index in [4.69, 9.17) is 4.52 Å². The molecule has 0 bridgehead atoms. The topological polar surface area (TPSA) is 93.3 Å². The summed E-state index contributed by atoms with van der Waals surface area (Å²) in [6, 6.07) is 3.72. The summed E-state index contributed by atoms with van der Waals surface area (Å²) < 4.78 is 7.15. The SMILES string of the molecule is CC(=O)NC1(c2nc(C)no2)CCN(C(=O)c2ccc(C)n2C)C1. The maximum atomic E-state index is 12.8. The Kier molecular flexibility index (Phi) is 3.90. The second-order valence-electron chi connectivity index (χ2n) is 6.31. The largest absolute Gasteiger partial charge is 0.344 e. The molecule has 2 aromatic heterocycles. The van der Waals surface area contributed by atoms with Crippen LogP contribution in [0.15, 0.2) is 16.7 Å². The lowest BCUT2D eigenvalue weighted by Crippen LogP contribution is -2.48. The molecule has 8 nitrogen and oxygen atoms in total. The summed E-state index contributed by atoms with van der Waals surface area (Å²) in [5.74, 6) is 0.565. The molecule has 0 saturated carbocycles. The second kappa shape index (κ2) is 5.77. The van der Waals surface area contributed by atoms with E-state index in [1.165, 1.54) is 6.92 Å². The Morgan fingerprint density at radius 3 is 2.62 bits per heavy atom. The van der Waals surface area contributed by atoms with Gasteiger partial charge in [0.2, 0.25) is 5.91 Å². The highest BCUT2D eigenvalue weighted by atomic mass is 16.5. The van der Waals surface area contributed by atoms with Gasteiger partial charge in [-0.2, -0.15) is 4.98 Å². The Labute approximate surface area is 139 Å². The van der Waals surface area contributed by atoms with Crippen LogP contribution in [0.3, 0.4) is 0 Å². The Balaban J connectivity index is 1.88. The summed E-state index contributed by atoms with van der Waals surface area (Å²) in [5.41, 5.74) is 0.800. The standard InChI is InChI=1S/C16H21N5O3/c1-10-5-6-13(20(10)4)14(23)21-8-7-16(9-21,18-12(3)22)15-17-11(2)19-24-15/h5-6H,7-9H2,1-4H3,(H,18,22). The molecule has 1 unspecified atom stereocenters. The van der Waals surface area contributed by atoms with Gasteiger partial charge >= 0.3 is 0 Å². The predicted octanol–water partition coefficient (Wildman–Crippen LogP) is 0.902. The number of hydrogen-bond donors (Lipinski definition) is 1. The predicted molar refractivity (Wildman–Crippen MR) is 85.2 cm³/mol. The average molecular weight is 331 g/mol. The van der Waals surface area contributed by atoms with E-state index in [0.717, 1.165) is 5.69 Å². The van der Waals surface area contributed by atoms with Crippen LogP contribution in [0, 0.1) is 13.8 Å². The smallest absolute Gasteiger partial charge is 0.270 e.